The largest absolute Gasteiger partial charge is 1.00 e. The number of carboxylic acid groups (broad SMARTS) is 2. The zero-order valence-corrected chi connectivity index (χ0v) is 16.2. The maximum Gasteiger partial charge on any atom is 1.00 e. The van der Waals surface area contributed by atoms with Crippen molar-refractivity contribution in [2.24, 2.45) is 5.92 Å². The molecule has 0 aliphatic carbocycles. The van der Waals surface area contributed by atoms with E-state index in [0.717, 1.165) is 6.92 Å². The van der Waals surface area contributed by atoms with Gasteiger partial charge in [-0.1, -0.05) is 6.92 Å². The summed E-state index contributed by atoms with van der Waals surface area (Å²) < 4.78 is 30.8. The molecule has 0 aliphatic heterocycles. The van der Waals surface area contributed by atoms with Crippen molar-refractivity contribution >= 4 is 22.1 Å². The van der Waals surface area contributed by atoms with Gasteiger partial charge in [-0.2, -0.15) is 0 Å². The standard InChI is InChI=1S/C5H8O7S.3Na/c1-2(4(6)7)3(5(8)9)13(10,11)12;;;/h2-3H,1H3,(H,6,7)(H,8,9)(H,10,11,12);;;/q;3*+1/p-3. The van der Waals surface area contributed by atoms with Gasteiger partial charge in [-0.25, -0.2) is 8.42 Å². The Morgan fingerprint density at radius 1 is 1.00 bits per heavy atom. The van der Waals surface area contributed by atoms with E-state index in [4.69, 9.17) is 0 Å². The molecule has 0 saturated heterocycles. The first kappa shape index (κ1) is 26.4. The second-order valence-electron chi connectivity index (χ2n) is 2.34. The Morgan fingerprint density at radius 3 is 1.38 bits per heavy atom. The Labute approximate surface area is 159 Å². The molecule has 0 aromatic heterocycles. The van der Waals surface area contributed by atoms with Gasteiger partial charge in [-0.05, 0) is 0 Å². The molecule has 16 heavy (non-hydrogen) atoms. The molecule has 11 heteroatoms. The number of carbonyl (C=O) groups is 2. The van der Waals surface area contributed by atoms with Crippen LogP contribution in [0.5, 0.6) is 0 Å². The predicted molar refractivity (Wildman–Crippen MR) is 32.7 cm³/mol. The van der Waals surface area contributed by atoms with E-state index < -0.39 is 33.2 Å². The van der Waals surface area contributed by atoms with Crippen LogP contribution in [0.3, 0.4) is 0 Å². The minimum Gasteiger partial charge on any atom is -0.747 e. The molecular weight excluding hydrogens is 273 g/mol. The first-order valence-electron chi connectivity index (χ1n) is 3.04. The van der Waals surface area contributed by atoms with Crippen molar-refractivity contribution in [3.8, 4) is 0 Å². The average molecular weight is 278 g/mol. The van der Waals surface area contributed by atoms with Crippen molar-refractivity contribution in [2.75, 3.05) is 0 Å². The van der Waals surface area contributed by atoms with E-state index in [-0.39, 0.29) is 88.7 Å². The normalized spacial score (nSPS) is 13.1. The Bertz CT molecular complexity index is 327. The van der Waals surface area contributed by atoms with Crippen LogP contribution in [0.4, 0.5) is 0 Å². The summed E-state index contributed by atoms with van der Waals surface area (Å²) in [5, 5.41) is 17.6. The Morgan fingerprint density at radius 2 is 1.31 bits per heavy atom. The molecule has 0 N–H and O–H groups in total. The van der Waals surface area contributed by atoms with Crippen molar-refractivity contribution in [3.63, 3.8) is 0 Å². The fraction of sp³-hybridized carbons (Fsp3) is 0.600. The molecule has 0 aromatic rings. The SMILES string of the molecule is CC(C(=O)[O-])C(C(=O)[O-])S(=O)(=O)[O-].[Na+].[Na+].[Na+]. The molecule has 0 spiro atoms. The number of carbonyl (C=O) groups excluding carboxylic acids is 2. The predicted octanol–water partition coefficient (Wildman–Crippen LogP) is -13.0. The Balaban J connectivity index is -0.000000240. The van der Waals surface area contributed by atoms with Crippen LogP contribution in [0.15, 0.2) is 0 Å². The van der Waals surface area contributed by atoms with Gasteiger partial charge in [0.05, 0.1) is 11.2 Å². The van der Waals surface area contributed by atoms with Crippen LogP contribution < -0.4 is 98.9 Å². The van der Waals surface area contributed by atoms with E-state index in [1.165, 1.54) is 0 Å². The molecule has 0 fully saturated rings. The topological polar surface area (TPSA) is 137 Å². The number of carboxylic acids is 2. The van der Waals surface area contributed by atoms with Crippen LogP contribution in [0.1, 0.15) is 6.92 Å². The van der Waals surface area contributed by atoms with Crippen LogP contribution in [0.25, 0.3) is 0 Å². The van der Waals surface area contributed by atoms with Crippen LogP contribution in [0, 0.1) is 5.92 Å². The minimum atomic E-state index is -5.24. The summed E-state index contributed by atoms with van der Waals surface area (Å²) >= 11 is 0. The summed E-state index contributed by atoms with van der Waals surface area (Å²) in [6.45, 7) is 0.741. The molecule has 0 aliphatic rings. The molecule has 0 rings (SSSR count). The van der Waals surface area contributed by atoms with Gasteiger partial charge in [-0.15, -0.1) is 0 Å². The maximum atomic E-state index is 10.3. The molecule has 7 nitrogen and oxygen atoms in total. The summed E-state index contributed by atoms with van der Waals surface area (Å²) in [4.78, 5) is 20.2. The summed E-state index contributed by atoms with van der Waals surface area (Å²) in [5.74, 6) is -6.12. The fourth-order valence-electron chi connectivity index (χ4n) is 0.696. The fourth-order valence-corrected chi connectivity index (χ4v) is 1.54. The van der Waals surface area contributed by atoms with Gasteiger partial charge in [0, 0.05) is 11.9 Å². The van der Waals surface area contributed by atoms with Gasteiger partial charge in [-0.3, -0.25) is 0 Å². The molecule has 0 saturated carbocycles. The molecule has 0 radical (unpaired) electrons. The van der Waals surface area contributed by atoms with E-state index in [1.54, 1.807) is 0 Å². The molecule has 0 bridgehead atoms. The average Bonchev–Trinajstić information content (AvgIpc) is 1.82. The second kappa shape index (κ2) is 10.7. The molecule has 76 valence electrons. The molecular formula is C5H5Na3O7S. The van der Waals surface area contributed by atoms with Crippen LogP contribution >= 0.6 is 0 Å². The number of aliphatic carboxylic acids is 2. The third kappa shape index (κ3) is 8.87. The third-order valence-electron chi connectivity index (χ3n) is 1.37. The van der Waals surface area contributed by atoms with Crippen molar-refractivity contribution < 1.29 is 121 Å². The van der Waals surface area contributed by atoms with Crippen molar-refractivity contribution in [1.29, 1.82) is 0 Å². The molecule has 0 amide bonds. The zero-order chi connectivity index (χ0) is 10.8. The van der Waals surface area contributed by atoms with E-state index in [9.17, 15) is 32.8 Å². The second-order valence-corrected chi connectivity index (χ2v) is 3.83. The Kier molecular flexibility index (Phi) is 17.7. The van der Waals surface area contributed by atoms with Gasteiger partial charge >= 0.3 is 88.7 Å². The van der Waals surface area contributed by atoms with Gasteiger partial charge in [0.25, 0.3) is 0 Å². The monoisotopic (exact) mass is 278 g/mol. The summed E-state index contributed by atoms with van der Waals surface area (Å²) in [6.07, 6.45) is 0. The quantitative estimate of drug-likeness (QED) is 0.367. The van der Waals surface area contributed by atoms with E-state index >= 15 is 0 Å². The van der Waals surface area contributed by atoms with Crippen LogP contribution in [-0.2, 0) is 19.7 Å². The first-order valence-corrected chi connectivity index (χ1v) is 4.51. The van der Waals surface area contributed by atoms with Crippen molar-refractivity contribution in [2.45, 2.75) is 12.2 Å². The molecule has 2 unspecified atom stereocenters. The van der Waals surface area contributed by atoms with E-state index in [0.29, 0.717) is 0 Å². The van der Waals surface area contributed by atoms with Crippen molar-refractivity contribution in [3.05, 3.63) is 0 Å². The number of hydrogen-bond acceptors (Lipinski definition) is 7. The summed E-state index contributed by atoms with van der Waals surface area (Å²) in [5.41, 5.74) is 0. The van der Waals surface area contributed by atoms with Gasteiger partial charge in [0.15, 0.2) is 0 Å². The molecule has 2 atom stereocenters. The first-order chi connectivity index (χ1) is 5.68. The molecule has 0 aromatic carbocycles. The Hall–Kier alpha value is 1.85. The third-order valence-corrected chi connectivity index (χ3v) is 2.59. The number of rotatable bonds is 4. The molecule has 0 heterocycles. The van der Waals surface area contributed by atoms with Crippen LogP contribution in [-0.4, -0.2) is 30.2 Å². The van der Waals surface area contributed by atoms with Crippen molar-refractivity contribution in [1.82, 2.24) is 0 Å². The van der Waals surface area contributed by atoms with Gasteiger partial charge in [0.1, 0.15) is 10.1 Å². The van der Waals surface area contributed by atoms with Gasteiger partial charge < -0.3 is 24.4 Å². The van der Waals surface area contributed by atoms with E-state index in [2.05, 4.69) is 0 Å². The van der Waals surface area contributed by atoms with Crippen LogP contribution in [0.2, 0.25) is 0 Å². The van der Waals surface area contributed by atoms with Gasteiger partial charge in [0.2, 0.25) is 0 Å². The smallest absolute Gasteiger partial charge is 0.747 e. The minimum absolute atomic E-state index is 0. The summed E-state index contributed by atoms with van der Waals surface area (Å²) in [6, 6.07) is 0. The van der Waals surface area contributed by atoms with E-state index in [1.807, 2.05) is 0 Å². The number of hydrogen-bond donors (Lipinski definition) is 0. The summed E-state index contributed by atoms with van der Waals surface area (Å²) in [7, 11) is -5.24. The zero-order valence-electron chi connectivity index (χ0n) is 9.42. The maximum absolute atomic E-state index is 10.3.